The van der Waals surface area contributed by atoms with Crippen LogP contribution in [0.3, 0.4) is 0 Å². The van der Waals surface area contributed by atoms with Crippen molar-refractivity contribution in [2.45, 2.75) is 39.4 Å². The molecule has 0 spiro atoms. The summed E-state index contributed by atoms with van der Waals surface area (Å²) in [6.07, 6.45) is -1.24. The first-order valence-electron chi connectivity index (χ1n) is 11.9. The Hall–Kier alpha value is -3.84. The average molecular weight is 564 g/mol. The molecule has 0 radical (unpaired) electrons. The summed E-state index contributed by atoms with van der Waals surface area (Å²) in [5.74, 6) is -0.849. The van der Waals surface area contributed by atoms with Crippen LogP contribution in [0.2, 0.25) is 0 Å². The van der Waals surface area contributed by atoms with Crippen LogP contribution in [0.4, 0.5) is 19.7 Å². The summed E-state index contributed by atoms with van der Waals surface area (Å²) in [6.45, 7) is 6.15. The number of aliphatic imine (C=N–C) groups is 1. The highest BCUT2D eigenvalue weighted by atomic mass is 32.2. The van der Waals surface area contributed by atoms with Gasteiger partial charge >= 0.3 is 12.2 Å². The molecule has 0 saturated carbocycles. The third kappa shape index (κ3) is 8.86. The van der Waals surface area contributed by atoms with Gasteiger partial charge in [-0.1, -0.05) is 24.3 Å². The van der Waals surface area contributed by atoms with Gasteiger partial charge in [0.1, 0.15) is 24.1 Å². The monoisotopic (exact) mass is 563 g/mol. The number of cyclic esters (lactones) is 1. The Morgan fingerprint density at radius 2 is 1.85 bits per heavy atom. The van der Waals surface area contributed by atoms with Crippen molar-refractivity contribution < 1.29 is 40.8 Å². The normalized spacial score (nSPS) is 16.2. The lowest BCUT2D eigenvalue weighted by atomic mass is 10.0. The maximum atomic E-state index is 15.1. The van der Waals surface area contributed by atoms with E-state index < -0.39 is 46.4 Å². The number of carbonyl (C=O) groups excluding carboxylic acids is 3. The van der Waals surface area contributed by atoms with Crippen molar-refractivity contribution in [2.24, 2.45) is 4.99 Å². The molecule has 1 saturated heterocycles. The van der Waals surface area contributed by atoms with Crippen LogP contribution in [0.15, 0.2) is 47.5 Å². The molecule has 13 heteroatoms. The van der Waals surface area contributed by atoms with Gasteiger partial charge in [0, 0.05) is 12.5 Å². The molecule has 39 heavy (non-hydrogen) atoms. The highest BCUT2D eigenvalue weighted by Gasteiger charge is 2.32. The van der Waals surface area contributed by atoms with Crippen LogP contribution in [-0.2, 0) is 28.6 Å². The molecule has 11 nitrogen and oxygen atoms in total. The predicted molar refractivity (Wildman–Crippen MR) is 142 cm³/mol. The van der Waals surface area contributed by atoms with Gasteiger partial charge in [0.05, 0.1) is 30.7 Å². The molecular formula is C26H30FN3O8S. The Bertz CT molecular complexity index is 1380. The molecule has 0 unspecified atom stereocenters. The zero-order chi connectivity index (χ0) is 29.0. The molecule has 210 valence electrons. The van der Waals surface area contributed by atoms with Crippen LogP contribution in [0.1, 0.15) is 33.3 Å². The van der Waals surface area contributed by atoms with Gasteiger partial charge in [-0.15, -0.1) is 0 Å². The second kappa shape index (κ2) is 11.9. The minimum absolute atomic E-state index is 0.0124. The number of anilines is 1. The Labute approximate surface area is 226 Å². The first-order chi connectivity index (χ1) is 18.1. The molecule has 1 N–H and O–H groups in total. The van der Waals surface area contributed by atoms with E-state index in [-0.39, 0.29) is 30.3 Å². The van der Waals surface area contributed by atoms with E-state index in [1.165, 1.54) is 24.0 Å². The van der Waals surface area contributed by atoms with Gasteiger partial charge in [-0.05, 0) is 50.1 Å². The van der Waals surface area contributed by atoms with Gasteiger partial charge in [-0.25, -0.2) is 14.0 Å². The summed E-state index contributed by atoms with van der Waals surface area (Å²) in [6, 6.07) is 10.5. The minimum Gasteiger partial charge on any atom is -0.442 e. The van der Waals surface area contributed by atoms with Crippen LogP contribution in [0, 0.1) is 5.82 Å². The fraction of sp³-hybridized carbons (Fsp3) is 0.385. The average Bonchev–Trinajstić information content (AvgIpc) is 3.19. The Morgan fingerprint density at radius 3 is 2.41 bits per heavy atom. The molecule has 0 aromatic heterocycles. The Balaban J connectivity index is 1.81. The second-order valence-corrected chi connectivity index (χ2v) is 11.4. The van der Waals surface area contributed by atoms with E-state index in [4.69, 9.17) is 13.7 Å². The highest BCUT2D eigenvalue weighted by Crippen LogP contribution is 2.29. The quantitative estimate of drug-likeness (QED) is 0.379. The van der Waals surface area contributed by atoms with E-state index in [0.29, 0.717) is 16.8 Å². The summed E-state index contributed by atoms with van der Waals surface area (Å²) in [4.78, 5) is 40.7. The number of halogens is 1. The topological polar surface area (TPSA) is 141 Å². The van der Waals surface area contributed by atoms with Gasteiger partial charge in [-0.3, -0.25) is 13.9 Å². The number of ether oxygens (including phenoxy) is 2. The van der Waals surface area contributed by atoms with E-state index in [9.17, 15) is 22.8 Å². The highest BCUT2D eigenvalue weighted by molar-refractivity contribution is 7.86. The lowest BCUT2D eigenvalue weighted by molar-refractivity contribution is -0.119. The summed E-state index contributed by atoms with van der Waals surface area (Å²) < 4.78 is 53.3. The standard InChI is InChI=1S/C26H30FN3O8S/c1-16(31)28-13-20-14-30(25(33)37-20)19-10-11-21(22(27)12-19)17-6-8-18(9-7-17)23(15-36-39(5,34)35)29-24(32)38-26(2,3)4/h6-12,20H,13-15H2,1-5H3,(H,28,31)/t20-/m0/s1. The molecule has 2 aromatic rings. The zero-order valence-electron chi connectivity index (χ0n) is 22.2. The third-order valence-electron chi connectivity index (χ3n) is 5.28. The van der Waals surface area contributed by atoms with Crippen molar-refractivity contribution in [3.8, 4) is 11.1 Å². The Kier molecular flexibility index (Phi) is 9.07. The molecule has 0 aliphatic carbocycles. The molecule has 1 heterocycles. The zero-order valence-corrected chi connectivity index (χ0v) is 23.0. The largest absolute Gasteiger partial charge is 0.442 e. The molecule has 2 aromatic carbocycles. The summed E-state index contributed by atoms with van der Waals surface area (Å²) in [5.41, 5.74) is 0.595. The first kappa shape index (κ1) is 29.7. The van der Waals surface area contributed by atoms with Crippen molar-refractivity contribution in [1.82, 2.24) is 5.32 Å². The van der Waals surface area contributed by atoms with Gasteiger partial charge < -0.3 is 14.8 Å². The molecule has 1 atom stereocenters. The number of nitrogens with one attached hydrogen (secondary N) is 1. The van der Waals surface area contributed by atoms with Crippen LogP contribution >= 0.6 is 0 Å². The second-order valence-electron chi connectivity index (χ2n) is 9.80. The van der Waals surface area contributed by atoms with Crippen LogP contribution < -0.4 is 10.2 Å². The molecule has 3 amide bonds. The van der Waals surface area contributed by atoms with Crippen LogP contribution in [0.25, 0.3) is 11.1 Å². The number of hydrogen-bond acceptors (Lipinski definition) is 8. The van der Waals surface area contributed by atoms with Gasteiger partial charge in [0.2, 0.25) is 5.91 Å². The number of amides is 3. The fourth-order valence-electron chi connectivity index (χ4n) is 3.58. The van der Waals surface area contributed by atoms with E-state index in [1.807, 2.05) is 0 Å². The van der Waals surface area contributed by atoms with Crippen molar-refractivity contribution in [3.05, 3.63) is 53.8 Å². The molecular weight excluding hydrogens is 533 g/mol. The van der Waals surface area contributed by atoms with E-state index >= 15 is 4.39 Å². The van der Waals surface area contributed by atoms with Crippen molar-refractivity contribution in [3.63, 3.8) is 0 Å². The number of nitrogens with zero attached hydrogens (tertiary/aromatic N) is 2. The van der Waals surface area contributed by atoms with Gasteiger partial charge in [0.25, 0.3) is 10.1 Å². The van der Waals surface area contributed by atoms with Crippen molar-refractivity contribution in [2.75, 3.05) is 30.9 Å². The maximum Gasteiger partial charge on any atom is 0.434 e. The number of rotatable bonds is 8. The Morgan fingerprint density at radius 1 is 1.18 bits per heavy atom. The maximum absolute atomic E-state index is 15.1. The van der Waals surface area contributed by atoms with Crippen LogP contribution in [-0.4, -0.2) is 69.9 Å². The lowest BCUT2D eigenvalue weighted by Crippen LogP contribution is -2.33. The summed E-state index contributed by atoms with van der Waals surface area (Å²) >= 11 is 0. The van der Waals surface area contributed by atoms with E-state index in [0.717, 1.165) is 6.26 Å². The number of benzene rings is 2. The molecule has 1 fully saturated rings. The molecule has 1 aliphatic heterocycles. The minimum atomic E-state index is -3.82. The van der Waals surface area contributed by atoms with Crippen molar-refractivity contribution in [1.29, 1.82) is 0 Å². The van der Waals surface area contributed by atoms with Gasteiger partial charge in [-0.2, -0.15) is 13.4 Å². The molecule has 1 aliphatic rings. The molecule has 3 rings (SSSR count). The number of carbonyl (C=O) groups is 3. The van der Waals surface area contributed by atoms with E-state index in [2.05, 4.69) is 10.3 Å². The fourth-order valence-corrected chi connectivity index (χ4v) is 3.91. The smallest absolute Gasteiger partial charge is 0.434 e. The summed E-state index contributed by atoms with van der Waals surface area (Å²) in [7, 11) is -3.82. The third-order valence-corrected chi connectivity index (χ3v) is 5.82. The lowest BCUT2D eigenvalue weighted by Gasteiger charge is -2.18. The number of hydrogen-bond donors (Lipinski definition) is 1. The SMILES string of the molecule is CC(=O)NC[C@H]1CN(c2ccc(-c3ccc(C(COS(C)(=O)=O)=NC(=O)OC(C)(C)C)cc3)c(F)c2)C(=O)O1. The van der Waals surface area contributed by atoms with E-state index in [1.54, 1.807) is 51.1 Å². The van der Waals surface area contributed by atoms with Crippen LogP contribution in [0.5, 0.6) is 0 Å². The first-order valence-corrected chi connectivity index (χ1v) is 13.7. The predicted octanol–water partition coefficient (Wildman–Crippen LogP) is 3.65. The van der Waals surface area contributed by atoms with Gasteiger partial charge in [0.15, 0.2) is 0 Å². The summed E-state index contributed by atoms with van der Waals surface area (Å²) in [5, 5.41) is 2.58. The molecule has 0 bridgehead atoms. The van der Waals surface area contributed by atoms with Crippen molar-refractivity contribution >= 4 is 39.6 Å².